The number of hydrogen-bond acceptors (Lipinski definition) is 5. The van der Waals surface area contributed by atoms with E-state index in [1.54, 1.807) is 6.07 Å². The predicted octanol–water partition coefficient (Wildman–Crippen LogP) is 2.91. The normalized spacial score (nSPS) is 16.5. The third kappa shape index (κ3) is 3.80. The van der Waals surface area contributed by atoms with Crippen LogP contribution in [0.3, 0.4) is 0 Å². The van der Waals surface area contributed by atoms with E-state index < -0.39 is 0 Å². The van der Waals surface area contributed by atoms with Gasteiger partial charge in [-0.2, -0.15) is 9.61 Å². The zero-order valence-corrected chi connectivity index (χ0v) is 15.2. The van der Waals surface area contributed by atoms with Crippen molar-refractivity contribution in [3.63, 3.8) is 0 Å². The summed E-state index contributed by atoms with van der Waals surface area (Å²) in [5.41, 5.74) is 2.21. The van der Waals surface area contributed by atoms with Gasteiger partial charge in [0.05, 0.1) is 5.69 Å². The Kier molecular flexibility index (Phi) is 4.63. The van der Waals surface area contributed by atoms with Crippen LogP contribution in [0, 0.1) is 12.8 Å². The number of nitrogens with zero attached hydrogens (tertiary/aromatic N) is 4. The first-order chi connectivity index (χ1) is 12.2. The molecule has 1 fully saturated rings. The van der Waals surface area contributed by atoms with Gasteiger partial charge in [-0.05, 0) is 50.8 Å². The Labute approximate surface area is 151 Å². The average Bonchev–Trinajstić information content (AvgIpc) is 2.99. The zero-order chi connectivity index (χ0) is 17.2. The van der Waals surface area contributed by atoms with Crippen molar-refractivity contribution in [3.05, 3.63) is 63.0 Å². The van der Waals surface area contributed by atoms with Crippen molar-refractivity contribution in [2.45, 2.75) is 32.7 Å². The van der Waals surface area contributed by atoms with E-state index in [0.717, 1.165) is 36.3 Å². The summed E-state index contributed by atoms with van der Waals surface area (Å²) in [6.07, 6.45) is 3.58. The van der Waals surface area contributed by atoms with Gasteiger partial charge in [-0.15, -0.1) is 0 Å². The predicted molar refractivity (Wildman–Crippen MR) is 100 cm³/mol. The van der Waals surface area contributed by atoms with E-state index in [9.17, 15) is 4.79 Å². The number of piperidine rings is 1. The van der Waals surface area contributed by atoms with Crippen molar-refractivity contribution < 1.29 is 0 Å². The van der Waals surface area contributed by atoms with Gasteiger partial charge in [-0.3, -0.25) is 9.69 Å². The number of likely N-dealkylation sites (tertiary alicyclic amines) is 1. The Hall–Kier alpha value is -2.05. The molecule has 0 spiro atoms. The number of benzene rings is 1. The molecule has 3 aromatic rings. The maximum Gasteiger partial charge on any atom is 0.275 e. The fraction of sp³-hybridized carbons (Fsp3) is 0.421. The molecule has 4 rings (SSSR count). The number of hydrogen-bond donors (Lipinski definition) is 0. The second kappa shape index (κ2) is 7.06. The third-order valence-electron chi connectivity index (χ3n) is 4.86. The summed E-state index contributed by atoms with van der Waals surface area (Å²) in [6.45, 7) is 4.79. The quantitative estimate of drug-likeness (QED) is 0.723. The molecule has 130 valence electrons. The monoisotopic (exact) mass is 354 g/mol. The van der Waals surface area contributed by atoms with E-state index in [4.69, 9.17) is 0 Å². The first-order valence-corrected chi connectivity index (χ1v) is 9.62. The molecule has 0 aliphatic carbocycles. The number of aromatic nitrogens is 3. The molecule has 0 N–H and O–H groups in total. The molecule has 25 heavy (non-hydrogen) atoms. The van der Waals surface area contributed by atoms with Crippen LogP contribution >= 0.6 is 11.3 Å². The summed E-state index contributed by atoms with van der Waals surface area (Å²) in [7, 11) is 0. The van der Waals surface area contributed by atoms with Crippen molar-refractivity contribution >= 4 is 16.3 Å². The van der Waals surface area contributed by atoms with Crippen LogP contribution in [-0.2, 0) is 13.0 Å². The summed E-state index contributed by atoms with van der Waals surface area (Å²) >= 11 is 1.47. The lowest BCUT2D eigenvalue weighted by molar-refractivity contribution is 0.175. The molecule has 0 bridgehead atoms. The van der Waals surface area contributed by atoms with Crippen molar-refractivity contribution in [2.24, 2.45) is 5.92 Å². The zero-order valence-electron chi connectivity index (χ0n) is 14.4. The topological polar surface area (TPSA) is 50.5 Å². The Morgan fingerprint density at radius 1 is 1.20 bits per heavy atom. The fourth-order valence-corrected chi connectivity index (χ4v) is 4.32. The van der Waals surface area contributed by atoms with Crippen molar-refractivity contribution in [2.75, 3.05) is 13.1 Å². The van der Waals surface area contributed by atoms with E-state index in [0.29, 0.717) is 4.96 Å². The first-order valence-electron chi connectivity index (χ1n) is 8.80. The van der Waals surface area contributed by atoms with E-state index in [1.807, 2.05) is 6.92 Å². The Morgan fingerprint density at radius 3 is 2.72 bits per heavy atom. The van der Waals surface area contributed by atoms with E-state index >= 15 is 0 Å². The van der Waals surface area contributed by atoms with Gasteiger partial charge in [-0.25, -0.2) is 4.98 Å². The third-order valence-corrected chi connectivity index (χ3v) is 5.68. The Balaban J connectivity index is 1.38. The highest BCUT2D eigenvalue weighted by molar-refractivity contribution is 7.16. The molecule has 1 aliphatic rings. The maximum absolute atomic E-state index is 12.2. The van der Waals surface area contributed by atoms with Crippen LogP contribution in [0.5, 0.6) is 0 Å². The van der Waals surface area contributed by atoms with Gasteiger partial charge in [0.25, 0.3) is 5.56 Å². The molecular weight excluding hydrogens is 332 g/mol. The lowest BCUT2D eigenvalue weighted by atomic mass is 9.90. The smallest absolute Gasteiger partial charge is 0.275 e. The standard InChI is InChI=1S/C19H22N4OS/c1-14-21-23-18(24)12-17(20-19(23)25-14)13-22-9-7-16(8-10-22)11-15-5-3-2-4-6-15/h2-6,12,16H,7-11,13H2,1H3. The summed E-state index contributed by atoms with van der Waals surface area (Å²) in [5.74, 6) is 0.754. The van der Waals surface area contributed by atoms with E-state index in [2.05, 4.69) is 45.3 Å². The number of fused-ring (bicyclic) bond motifs is 1. The maximum atomic E-state index is 12.2. The van der Waals surface area contributed by atoms with Gasteiger partial charge < -0.3 is 0 Å². The van der Waals surface area contributed by atoms with Gasteiger partial charge in [0, 0.05) is 12.6 Å². The van der Waals surface area contributed by atoms with Crippen LogP contribution in [0.4, 0.5) is 0 Å². The lowest BCUT2D eigenvalue weighted by Gasteiger charge is -2.31. The molecule has 1 aliphatic heterocycles. The summed E-state index contributed by atoms with van der Waals surface area (Å²) < 4.78 is 1.40. The van der Waals surface area contributed by atoms with Gasteiger partial charge in [0.15, 0.2) is 0 Å². The number of rotatable bonds is 4. The Morgan fingerprint density at radius 2 is 1.96 bits per heavy atom. The van der Waals surface area contributed by atoms with E-state index in [1.165, 1.54) is 40.7 Å². The fourth-order valence-electron chi connectivity index (χ4n) is 3.56. The minimum absolute atomic E-state index is 0.0803. The lowest BCUT2D eigenvalue weighted by Crippen LogP contribution is -2.34. The minimum atomic E-state index is -0.0803. The Bertz CT molecular complexity index is 910. The highest BCUT2D eigenvalue weighted by Crippen LogP contribution is 2.22. The van der Waals surface area contributed by atoms with Gasteiger partial charge in [-0.1, -0.05) is 41.7 Å². The van der Waals surface area contributed by atoms with Crippen LogP contribution in [-0.4, -0.2) is 32.6 Å². The first kappa shape index (κ1) is 16.4. The molecule has 5 nitrogen and oxygen atoms in total. The second-order valence-corrected chi connectivity index (χ2v) is 7.97. The van der Waals surface area contributed by atoms with Crippen molar-refractivity contribution in [3.8, 4) is 0 Å². The summed E-state index contributed by atoms with van der Waals surface area (Å²) in [4.78, 5) is 19.9. The van der Waals surface area contributed by atoms with Gasteiger partial charge in [0.2, 0.25) is 4.96 Å². The van der Waals surface area contributed by atoms with Crippen molar-refractivity contribution in [1.82, 2.24) is 19.5 Å². The van der Waals surface area contributed by atoms with Crippen LogP contribution in [0.25, 0.3) is 4.96 Å². The molecule has 6 heteroatoms. The molecule has 0 amide bonds. The van der Waals surface area contributed by atoms with Crippen LogP contribution in [0.15, 0.2) is 41.2 Å². The minimum Gasteiger partial charge on any atom is -0.297 e. The molecule has 0 radical (unpaired) electrons. The molecule has 3 heterocycles. The van der Waals surface area contributed by atoms with Crippen LogP contribution in [0.1, 0.15) is 29.1 Å². The van der Waals surface area contributed by atoms with E-state index in [-0.39, 0.29) is 5.56 Å². The van der Waals surface area contributed by atoms with Gasteiger partial charge in [0.1, 0.15) is 5.01 Å². The summed E-state index contributed by atoms with van der Waals surface area (Å²) in [5, 5.41) is 5.06. The van der Waals surface area contributed by atoms with Gasteiger partial charge >= 0.3 is 0 Å². The van der Waals surface area contributed by atoms with Crippen LogP contribution in [0.2, 0.25) is 0 Å². The molecular formula is C19H22N4OS. The highest BCUT2D eigenvalue weighted by atomic mass is 32.1. The molecule has 1 saturated heterocycles. The molecule has 2 aromatic heterocycles. The summed E-state index contributed by atoms with van der Waals surface area (Å²) in [6, 6.07) is 12.4. The van der Waals surface area contributed by atoms with Crippen LogP contribution < -0.4 is 5.56 Å². The highest BCUT2D eigenvalue weighted by Gasteiger charge is 2.20. The molecule has 0 atom stereocenters. The largest absolute Gasteiger partial charge is 0.297 e. The molecule has 0 saturated carbocycles. The SMILES string of the molecule is Cc1nn2c(=O)cc(CN3CCC(Cc4ccccc4)CC3)nc2s1. The molecule has 0 unspecified atom stereocenters. The number of aryl methyl sites for hydroxylation is 1. The second-order valence-electron chi connectivity index (χ2n) is 6.81. The van der Waals surface area contributed by atoms with Crippen molar-refractivity contribution in [1.29, 1.82) is 0 Å². The molecule has 1 aromatic carbocycles. The average molecular weight is 354 g/mol.